The van der Waals surface area contributed by atoms with E-state index in [1.54, 1.807) is 0 Å². The summed E-state index contributed by atoms with van der Waals surface area (Å²) in [5, 5.41) is 0. The average Bonchev–Trinajstić information content (AvgIpc) is 2.27. The Balaban J connectivity index is 2.95. The maximum atomic E-state index is 11.2. The molecule has 2 heteroatoms. The molecule has 1 rings (SSSR count). The summed E-state index contributed by atoms with van der Waals surface area (Å²) in [5.74, 6) is -0.377. The number of methoxy groups -OCH3 is 1. The molecular formula is C12H14O2. The van der Waals surface area contributed by atoms with Crippen LogP contribution in [0, 0.1) is 0 Å². The van der Waals surface area contributed by atoms with E-state index in [0.717, 1.165) is 12.0 Å². The molecule has 0 N–H and O–H groups in total. The molecular weight excluding hydrogens is 176 g/mol. The molecule has 14 heavy (non-hydrogen) atoms. The summed E-state index contributed by atoms with van der Waals surface area (Å²) in [5.41, 5.74) is 2.42. The third-order valence-corrected chi connectivity index (χ3v) is 2.12. The van der Waals surface area contributed by atoms with Crippen molar-refractivity contribution in [1.29, 1.82) is 0 Å². The Morgan fingerprint density at radius 2 is 2.21 bits per heavy atom. The number of ether oxygens (including phenoxy) is 1. The van der Waals surface area contributed by atoms with Gasteiger partial charge in [-0.15, -0.1) is 0 Å². The zero-order chi connectivity index (χ0) is 10.6. The van der Waals surface area contributed by atoms with E-state index < -0.39 is 0 Å². The quantitative estimate of drug-likeness (QED) is 0.540. The molecule has 74 valence electrons. The lowest BCUT2D eigenvalue weighted by Gasteiger charge is -2.05. The maximum Gasteiger partial charge on any atom is 0.337 e. The van der Waals surface area contributed by atoms with Crippen LogP contribution >= 0.6 is 0 Å². The number of carbonyl (C=O) groups is 1. The van der Waals surface area contributed by atoms with Gasteiger partial charge in [0.1, 0.15) is 0 Å². The van der Waals surface area contributed by atoms with E-state index in [1.807, 2.05) is 24.3 Å². The number of hydrogen-bond donors (Lipinski definition) is 0. The minimum Gasteiger partial charge on any atom is -0.465 e. The van der Waals surface area contributed by atoms with E-state index in [1.165, 1.54) is 12.7 Å². The first-order valence-electron chi connectivity index (χ1n) is 4.55. The Hall–Kier alpha value is -1.57. The summed E-state index contributed by atoms with van der Waals surface area (Å²) in [6.45, 7) is 5.77. The fraction of sp³-hybridized carbons (Fsp3) is 0.250. The van der Waals surface area contributed by atoms with E-state index in [4.69, 9.17) is 0 Å². The van der Waals surface area contributed by atoms with Crippen molar-refractivity contribution < 1.29 is 9.53 Å². The smallest absolute Gasteiger partial charge is 0.337 e. The minimum atomic E-state index is -0.377. The Bertz CT molecular complexity index is 353. The van der Waals surface area contributed by atoms with Crippen LogP contribution in [0.3, 0.4) is 0 Å². The molecule has 0 atom stereocenters. The second kappa shape index (κ2) is 4.61. The van der Waals surface area contributed by atoms with Gasteiger partial charge < -0.3 is 4.74 Å². The molecule has 0 spiro atoms. The van der Waals surface area contributed by atoms with Crippen molar-refractivity contribution in [3.05, 3.63) is 42.0 Å². The zero-order valence-corrected chi connectivity index (χ0v) is 8.54. The summed E-state index contributed by atoms with van der Waals surface area (Å²) in [6, 6.07) is 7.76. The highest BCUT2D eigenvalue weighted by Crippen LogP contribution is 2.15. The molecule has 0 unspecified atom stereocenters. The van der Waals surface area contributed by atoms with Gasteiger partial charge in [0.05, 0.1) is 12.7 Å². The van der Waals surface area contributed by atoms with Crippen LogP contribution in [0.4, 0.5) is 0 Å². The fourth-order valence-electron chi connectivity index (χ4n) is 1.22. The Morgan fingerprint density at radius 1 is 1.50 bits per heavy atom. The molecule has 0 bridgehead atoms. The summed E-state index contributed by atoms with van der Waals surface area (Å²) < 4.78 is 4.60. The highest BCUT2D eigenvalue weighted by Gasteiger charge is 2.08. The molecule has 0 aliphatic rings. The highest BCUT2D eigenvalue weighted by molar-refractivity contribution is 6.15. The molecule has 0 aliphatic carbocycles. The summed E-state index contributed by atoms with van der Waals surface area (Å²) in [6.07, 6.45) is 0.947. The van der Waals surface area contributed by atoms with Crippen LogP contribution < -0.4 is 0 Å². The normalized spacial score (nSPS) is 9.57. The standard InChI is InChI=1S/C12H14O2/c1-4-10-6-5-7-11(8-10)9(2)12(13)14-3/h5-8H,2,4H2,1,3H3. The molecule has 0 radical (unpaired) electrons. The zero-order valence-electron chi connectivity index (χ0n) is 8.54. The Morgan fingerprint density at radius 3 is 2.79 bits per heavy atom. The lowest BCUT2D eigenvalue weighted by molar-refractivity contribution is -0.133. The van der Waals surface area contributed by atoms with E-state index in [0.29, 0.717) is 5.57 Å². The SMILES string of the molecule is C=C(C(=O)OC)c1cccc(CC)c1. The molecule has 0 saturated heterocycles. The second-order valence-corrected chi connectivity index (χ2v) is 3.02. The molecule has 1 aromatic carbocycles. The highest BCUT2D eigenvalue weighted by atomic mass is 16.5. The van der Waals surface area contributed by atoms with Gasteiger partial charge >= 0.3 is 5.97 Å². The van der Waals surface area contributed by atoms with Crippen molar-refractivity contribution in [3.8, 4) is 0 Å². The lowest BCUT2D eigenvalue weighted by Crippen LogP contribution is -2.02. The first kappa shape index (κ1) is 10.5. The number of benzene rings is 1. The molecule has 1 aromatic rings. The van der Waals surface area contributed by atoms with Gasteiger partial charge in [0, 0.05) is 0 Å². The monoisotopic (exact) mass is 190 g/mol. The predicted octanol–water partition coefficient (Wildman–Crippen LogP) is 2.44. The van der Waals surface area contributed by atoms with Crippen molar-refractivity contribution >= 4 is 11.5 Å². The maximum absolute atomic E-state index is 11.2. The number of esters is 1. The van der Waals surface area contributed by atoms with E-state index >= 15 is 0 Å². The van der Waals surface area contributed by atoms with Gasteiger partial charge in [0.15, 0.2) is 0 Å². The first-order valence-corrected chi connectivity index (χ1v) is 4.55. The molecule has 2 nitrogen and oxygen atoms in total. The second-order valence-electron chi connectivity index (χ2n) is 3.02. The van der Waals surface area contributed by atoms with Crippen LogP contribution in [0.25, 0.3) is 5.57 Å². The average molecular weight is 190 g/mol. The van der Waals surface area contributed by atoms with Crippen LogP contribution in [0.5, 0.6) is 0 Å². The van der Waals surface area contributed by atoms with Gasteiger partial charge in [0.25, 0.3) is 0 Å². The molecule has 0 fully saturated rings. The fourth-order valence-corrected chi connectivity index (χ4v) is 1.22. The van der Waals surface area contributed by atoms with Crippen LogP contribution in [-0.4, -0.2) is 13.1 Å². The number of aryl methyl sites for hydroxylation is 1. The summed E-state index contributed by atoms with van der Waals surface area (Å²) in [7, 11) is 1.36. The van der Waals surface area contributed by atoms with E-state index in [-0.39, 0.29) is 5.97 Å². The van der Waals surface area contributed by atoms with Crippen molar-refractivity contribution in [2.24, 2.45) is 0 Å². The van der Waals surface area contributed by atoms with Gasteiger partial charge in [-0.25, -0.2) is 4.79 Å². The molecule has 0 aromatic heterocycles. The largest absolute Gasteiger partial charge is 0.465 e. The van der Waals surface area contributed by atoms with Gasteiger partial charge in [-0.05, 0) is 17.5 Å². The van der Waals surface area contributed by atoms with Crippen LogP contribution in [-0.2, 0) is 16.0 Å². The third-order valence-electron chi connectivity index (χ3n) is 2.12. The minimum absolute atomic E-state index is 0.377. The summed E-state index contributed by atoms with van der Waals surface area (Å²) >= 11 is 0. The van der Waals surface area contributed by atoms with Crippen LogP contribution in [0.2, 0.25) is 0 Å². The third kappa shape index (κ3) is 2.22. The van der Waals surface area contributed by atoms with Crippen molar-refractivity contribution in [2.75, 3.05) is 7.11 Å². The van der Waals surface area contributed by atoms with Gasteiger partial charge in [-0.1, -0.05) is 37.8 Å². The Kier molecular flexibility index (Phi) is 3.46. The lowest BCUT2D eigenvalue weighted by atomic mass is 10.0. The predicted molar refractivity (Wildman–Crippen MR) is 56.9 cm³/mol. The molecule has 0 aliphatic heterocycles. The molecule has 0 heterocycles. The van der Waals surface area contributed by atoms with Gasteiger partial charge in [0.2, 0.25) is 0 Å². The van der Waals surface area contributed by atoms with Crippen molar-refractivity contribution in [1.82, 2.24) is 0 Å². The first-order chi connectivity index (χ1) is 6.69. The van der Waals surface area contributed by atoms with E-state index in [9.17, 15) is 4.79 Å². The number of carbonyl (C=O) groups excluding carboxylic acids is 1. The van der Waals surface area contributed by atoms with Gasteiger partial charge in [-0.3, -0.25) is 0 Å². The number of rotatable bonds is 3. The molecule has 0 amide bonds. The summed E-state index contributed by atoms with van der Waals surface area (Å²) in [4.78, 5) is 11.2. The van der Waals surface area contributed by atoms with Crippen LogP contribution in [0.1, 0.15) is 18.1 Å². The van der Waals surface area contributed by atoms with Crippen molar-refractivity contribution in [2.45, 2.75) is 13.3 Å². The number of hydrogen-bond acceptors (Lipinski definition) is 2. The molecule has 0 saturated carbocycles. The van der Waals surface area contributed by atoms with Crippen molar-refractivity contribution in [3.63, 3.8) is 0 Å². The van der Waals surface area contributed by atoms with Gasteiger partial charge in [-0.2, -0.15) is 0 Å². The Labute approximate surface area is 84.2 Å². The van der Waals surface area contributed by atoms with E-state index in [2.05, 4.69) is 18.2 Å². The topological polar surface area (TPSA) is 26.3 Å². The van der Waals surface area contributed by atoms with Crippen LogP contribution in [0.15, 0.2) is 30.8 Å².